The van der Waals surface area contributed by atoms with Crippen molar-refractivity contribution in [3.8, 4) is 0 Å². The molecule has 0 spiro atoms. The zero-order valence-electron chi connectivity index (χ0n) is 7.97. The summed E-state index contributed by atoms with van der Waals surface area (Å²) in [6.45, 7) is 4.75. The van der Waals surface area contributed by atoms with Crippen LogP contribution in [0.4, 0.5) is 0 Å². The van der Waals surface area contributed by atoms with Crippen molar-refractivity contribution in [1.82, 2.24) is 10.2 Å². The minimum Gasteiger partial charge on any atom is -0.356 e. The quantitative estimate of drug-likeness (QED) is 0.653. The van der Waals surface area contributed by atoms with E-state index in [-0.39, 0.29) is 5.91 Å². The zero-order chi connectivity index (χ0) is 8.97. The second-order valence-corrected chi connectivity index (χ2v) is 3.71. The molecule has 0 aliphatic carbocycles. The Kier molecular flexibility index (Phi) is 3.53. The Morgan fingerprint density at radius 1 is 1.67 bits per heavy atom. The lowest BCUT2D eigenvalue weighted by molar-refractivity contribution is -0.119. The van der Waals surface area contributed by atoms with Gasteiger partial charge in [0.25, 0.3) is 0 Å². The predicted molar refractivity (Wildman–Crippen MR) is 48.9 cm³/mol. The van der Waals surface area contributed by atoms with Crippen molar-refractivity contribution >= 4 is 5.91 Å². The molecule has 1 N–H and O–H groups in total. The predicted octanol–water partition coefficient (Wildman–Crippen LogP) is 0.464. The van der Waals surface area contributed by atoms with Crippen LogP contribution in [0.25, 0.3) is 0 Å². The van der Waals surface area contributed by atoms with Gasteiger partial charge < -0.3 is 10.2 Å². The molecule has 1 heterocycles. The molecule has 1 atom stereocenters. The van der Waals surface area contributed by atoms with Crippen molar-refractivity contribution in [2.24, 2.45) is 5.92 Å². The van der Waals surface area contributed by atoms with Gasteiger partial charge in [0.05, 0.1) is 0 Å². The maximum Gasteiger partial charge on any atom is 0.216 e. The first-order valence-corrected chi connectivity index (χ1v) is 4.61. The van der Waals surface area contributed by atoms with Crippen LogP contribution in [0.5, 0.6) is 0 Å². The largest absolute Gasteiger partial charge is 0.356 e. The van der Waals surface area contributed by atoms with Gasteiger partial charge in [-0.2, -0.15) is 0 Å². The highest BCUT2D eigenvalue weighted by atomic mass is 16.1. The van der Waals surface area contributed by atoms with Gasteiger partial charge in [0, 0.05) is 20.0 Å². The van der Waals surface area contributed by atoms with Crippen LogP contribution < -0.4 is 5.32 Å². The average molecular weight is 170 g/mol. The van der Waals surface area contributed by atoms with Crippen molar-refractivity contribution in [3.63, 3.8) is 0 Å². The summed E-state index contributed by atoms with van der Waals surface area (Å²) in [4.78, 5) is 13.0. The Morgan fingerprint density at radius 3 is 3.00 bits per heavy atom. The van der Waals surface area contributed by atoms with Gasteiger partial charge in [0.15, 0.2) is 0 Å². The van der Waals surface area contributed by atoms with Gasteiger partial charge in [0.2, 0.25) is 5.91 Å². The second kappa shape index (κ2) is 4.45. The van der Waals surface area contributed by atoms with Crippen LogP contribution in [-0.2, 0) is 4.79 Å². The number of piperidine rings is 1. The topological polar surface area (TPSA) is 32.3 Å². The molecule has 0 aromatic rings. The van der Waals surface area contributed by atoms with Gasteiger partial charge in [-0.25, -0.2) is 0 Å². The fourth-order valence-corrected chi connectivity index (χ4v) is 1.73. The molecule has 0 aromatic heterocycles. The van der Waals surface area contributed by atoms with Gasteiger partial charge in [-0.3, -0.25) is 4.79 Å². The van der Waals surface area contributed by atoms with Crippen LogP contribution in [0.1, 0.15) is 19.8 Å². The summed E-state index contributed by atoms with van der Waals surface area (Å²) in [6.07, 6.45) is 2.52. The van der Waals surface area contributed by atoms with Crippen LogP contribution in [-0.4, -0.2) is 37.5 Å². The smallest absolute Gasteiger partial charge is 0.216 e. The molecule has 0 saturated carbocycles. The number of carbonyl (C=O) groups excluding carboxylic acids is 1. The molecule has 1 rings (SSSR count). The molecule has 0 aromatic carbocycles. The van der Waals surface area contributed by atoms with Crippen molar-refractivity contribution < 1.29 is 4.79 Å². The molecule has 3 heteroatoms. The number of amides is 1. The Bertz CT molecular complexity index is 159. The number of nitrogens with zero attached hydrogens (tertiary/aromatic N) is 1. The molecule has 1 aliphatic rings. The van der Waals surface area contributed by atoms with E-state index in [0.717, 1.165) is 13.1 Å². The lowest BCUT2D eigenvalue weighted by Crippen LogP contribution is -2.38. The van der Waals surface area contributed by atoms with Crippen molar-refractivity contribution in [2.75, 3.05) is 26.7 Å². The van der Waals surface area contributed by atoms with E-state index in [0.29, 0.717) is 5.92 Å². The van der Waals surface area contributed by atoms with Gasteiger partial charge >= 0.3 is 0 Å². The molecule has 1 amide bonds. The van der Waals surface area contributed by atoms with E-state index < -0.39 is 0 Å². The number of carbonyl (C=O) groups is 1. The zero-order valence-corrected chi connectivity index (χ0v) is 7.97. The molecule has 0 unspecified atom stereocenters. The molecule has 0 radical (unpaired) electrons. The monoisotopic (exact) mass is 170 g/mol. The van der Waals surface area contributed by atoms with E-state index in [2.05, 4.69) is 17.3 Å². The summed E-state index contributed by atoms with van der Waals surface area (Å²) in [5.41, 5.74) is 0. The summed E-state index contributed by atoms with van der Waals surface area (Å²) in [7, 11) is 2.14. The Labute approximate surface area is 74.1 Å². The normalized spacial score (nSPS) is 25.3. The maximum atomic E-state index is 10.6. The summed E-state index contributed by atoms with van der Waals surface area (Å²) in [5, 5.41) is 2.87. The van der Waals surface area contributed by atoms with Gasteiger partial charge in [-0.15, -0.1) is 0 Å². The SMILES string of the molecule is CC(=O)NC[C@@H]1CCCN(C)C1. The van der Waals surface area contributed by atoms with Crippen LogP contribution >= 0.6 is 0 Å². The molecule has 70 valence electrons. The standard InChI is InChI=1S/C9H18N2O/c1-8(12)10-6-9-4-3-5-11(2)7-9/h9H,3-7H2,1-2H3,(H,10,12)/t9-/m0/s1. The average Bonchev–Trinajstić information content (AvgIpc) is 2.01. The number of hydrogen-bond acceptors (Lipinski definition) is 2. The van der Waals surface area contributed by atoms with E-state index in [4.69, 9.17) is 0 Å². The highest BCUT2D eigenvalue weighted by Crippen LogP contribution is 2.13. The summed E-state index contributed by atoms with van der Waals surface area (Å²) in [6, 6.07) is 0. The summed E-state index contributed by atoms with van der Waals surface area (Å²) in [5.74, 6) is 0.746. The lowest BCUT2D eigenvalue weighted by Gasteiger charge is -2.29. The van der Waals surface area contributed by atoms with Crippen LogP contribution in [0.15, 0.2) is 0 Å². The van der Waals surface area contributed by atoms with E-state index >= 15 is 0 Å². The maximum absolute atomic E-state index is 10.6. The fraction of sp³-hybridized carbons (Fsp3) is 0.889. The second-order valence-electron chi connectivity index (χ2n) is 3.71. The number of hydrogen-bond donors (Lipinski definition) is 1. The fourth-order valence-electron chi connectivity index (χ4n) is 1.73. The molecule has 1 aliphatic heterocycles. The molecular formula is C9H18N2O. The first-order valence-electron chi connectivity index (χ1n) is 4.61. The molecule has 0 bridgehead atoms. The van der Waals surface area contributed by atoms with E-state index in [1.165, 1.54) is 19.4 Å². The van der Waals surface area contributed by atoms with E-state index in [1.807, 2.05) is 0 Å². The third kappa shape index (κ3) is 3.22. The summed E-state index contributed by atoms with van der Waals surface area (Å²) < 4.78 is 0. The molecule has 1 fully saturated rings. The van der Waals surface area contributed by atoms with Gasteiger partial charge in [0.1, 0.15) is 0 Å². The lowest BCUT2D eigenvalue weighted by atomic mass is 9.98. The highest BCUT2D eigenvalue weighted by Gasteiger charge is 2.16. The summed E-state index contributed by atoms with van der Waals surface area (Å²) >= 11 is 0. The molecule has 12 heavy (non-hydrogen) atoms. The molecule has 1 saturated heterocycles. The van der Waals surface area contributed by atoms with Crippen LogP contribution in [0.3, 0.4) is 0 Å². The molecular weight excluding hydrogens is 152 g/mol. The Morgan fingerprint density at radius 2 is 2.42 bits per heavy atom. The number of nitrogens with one attached hydrogen (secondary N) is 1. The first kappa shape index (κ1) is 9.52. The third-order valence-corrected chi connectivity index (χ3v) is 2.36. The Hall–Kier alpha value is -0.570. The highest BCUT2D eigenvalue weighted by molar-refractivity contribution is 5.72. The van der Waals surface area contributed by atoms with Crippen molar-refractivity contribution in [3.05, 3.63) is 0 Å². The minimum atomic E-state index is 0.0863. The Balaban J connectivity index is 2.18. The van der Waals surface area contributed by atoms with Gasteiger partial charge in [-0.1, -0.05) is 0 Å². The minimum absolute atomic E-state index is 0.0863. The first-order chi connectivity index (χ1) is 5.68. The van der Waals surface area contributed by atoms with E-state index in [9.17, 15) is 4.79 Å². The third-order valence-electron chi connectivity index (χ3n) is 2.36. The van der Waals surface area contributed by atoms with Gasteiger partial charge in [-0.05, 0) is 32.4 Å². The van der Waals surface area contributed by atoms with Crippen molar-refractivity contribution in [2.45, 2.75) is 19.8 Å². The van der Waals surface area contributed by atoms with Crippen LogP contribution in [0, 0.1) is 5.92 Å². The molecule has 3 nitrogen and oxygen atoms in total. The van der Waals surface area contributed by atoms with Crippen molar-refractivity contribution in [1.29, 1.82) is 0 Å². The van der Waals surface area contributed by atoms with E-state index in [1.54, 1.807) is 6.92 Å². The number of likely N-dealkylation sites (tertiary alicyclic amines) is 1. The van der Waals surface area contributed by atoms with Crippen LogP contribution in [0.2, 0.25) is 0 Å². The number of rotatable bonds is 2.